The smallest absolute Gasteiger partial charge is 0.191 e. The summed E-state index contributed by atoms with van der Waals surface area (Å²) in [5, 5.41) is 0.702. The second-order valence-corrected chi connectivity index (χ2v) is 4.78. The lowest BCUT2D eigenvalue weighted by Crippen LogP contribution is -2.01. The first-order valence-corrected chi connectivity index (χ1v) is 6.28. The molecule has 0 aliphatic rings. The van der Waals surface area contributed by atoms with Crippen LogP contribution in [0.4, 0.5) is 8.78 Å². The second kappa shape index (κ2) is 6.20. The molecule has 0 saturated carbocycles. The molecule has 0 aromatic heterocycles. The number of carbonyl (C=O) groups excluding carboxylic acids is 1. The van der Waals surface area contributed by atoms with Crippen LogP contribution in [0.2, 0.25) is 10.0 Å². The third-order valence-corrected chi connectivity index (χ3v) is 3.26. The molecule has 104 valence electrons. The molecule has 0 radical (unpaired) electrons. The molecule has 2 aromatic carbocycles. The lowest BCUT2D eigenvalue weighted by molar-refractivity contribution is 0.112. The minimum absolute atomic E-state index is 0.0782. The molecule has 0 spiro atoms. The minimum atomic E-state index is -0.938. The number of carbonyl (C=O) groups is 1. The first kappa shape index (κ1) is 14.8. The summed E-state index contributed by atoms with van der Waals surface area (Å²) in [5.74, 6) is -2.42. The molecule has 0 heterocycles. The van der Waals surface area contributed by atoms with E-state index in [1.165, 1.54) is 0 Å². The van der Waals surface area contributed by atoms with Crippen molar-refractivity contribution < 1.29 is 18.3 Å². The van der Waals surface area contributed by atoms with Crippen LogP contribution in [0, 0.1) is 11.6 Å². The largest absolute Gasteiger partial charge is 0.483 e. The molecule has 20 heavy (non-hydrogen) atoms. The second-order valence-electron chi connectivity index (χ2n) is 3.97. The molecule has 0 aliphatic heterocycles. The van der Waals surface area contributed by atoms with E-state index in [0.29, 0.717) is 21.9 Å². The highest BCUT2D eigenvalue weighted by molar-refractivity contribution is 6.42. The van der Waals surface area contributed by atoms with Gasteiger partial charge in [-0.3, -0.25) is 4.79 Å². The first-order chi connectivity index (χ1) is 9.51. The number of ether oxygens (including phenoxy) is 1. The average Bonchev–Trinajstić information content (AvgIpc) is 2.41. The molecule has 2 nitrogen and oxygen atoms in total. The van der Waals surface area contributed by atoms with Crippen molar-refractivity contribution >= 4 is 29.5 Å². The Hall–Kier alpha value is -1.65. The maximum Gasteiger partial charge on any atom is 0.191 e. The Balaban J connectivity index is 2.18. The zero-order valence-corrected chi connectivity index (χ0v) is 11.5. The maximum absolute atomic E-state index is 13.6. The van der Waals surface area contributed by atoms with Crippen LogP contribution in [0.1, 0.15) is 15.9 Å². The van der Waals surface area contributed by atoms with Crippen LogP contribution in [0.3, 0.4) is 0 Å². The molecular formula is C14H8Cl2F2O2. The van der Waals surface area contributed by atoms with Gasteiger partial charge in [0, 0.05) is 5.56 Å². The normalized spacial score (nSPS) is 10.4. The highest BCUT2D eigenvalue weighted by Gasteiger charge is 2.13. The molecule has 0 bridgehead atoms. The van der Waals surface area contributed by atoms with Gasteiger partial charge in [-0.25, -0.2) is 8.78 Å². The Morgan fingerprint density at radius 2 is 1.70 bits per heavy atom. The number of hydrogen-bond donors (Lipinski definition) is 0. The summed E-state index contributed by atoms with van der Waals surface area (Å²) in [6.45, 7) is -0.0782. The quantitative estimate of drug-likeness (QED) is 0.767. The van der Waals surface area contributed by atoms with E-state index < -0.39 is 17.4 Å². The van der Waals surface area contributed by atoms with Crippen LogP contribution in [-0.4, -0.2) is 6.29 Å². The van der Waals surface area contributed by atoms with Crippen molar-refractivity contribution in [2.24, 2.45) is 0 Å². The van der Waals surface area contributed by atoms with Gasteiger partial charge in [-0.05, 0) is 29.8 Å². The van der Waals surface area contributed by atoms with Crippen LogP contribution in [0.5, 0.6) is 5.75 Å². The van der Waals surface area contributed by atoms with E-state index in [0.717, 1.165) is 12.1 Å². The number of hydrogen-bond acceptors (Lipinski definition) is 2. The van der Waals surface area contributed by atoms with Gasteiger partial charge in [0.25, 0.3) is 0 Å². The highest BCUT2D eigenvalue weighted by Crippen LogP contribution is 2.26. The Morgan fingerprint density at radius 3 is 2.25 bits per heavy atom. The van der Waals surface area contributed by atoms with E-state index in [9.17, 15) is 13.6 Å². The van der Waals surface area contributed by atoms with Gasteiger partial charge in [0.15, 0.2) is 17.4 Å². The van der Waals surface area contributed by atoms with E-state index in [1.807, 2.05) is 0 Å². The summed E-state index contributed by atoms with van der Waals surface area (Å²) in [7, 11) is 0. The Morgan fingerprint density at radius 1 is 1.05 bits per heavy atom. The number of aldehydes is 1. The van der Waals surface area contributed by atoms with E-state index in [4.69, 9.17) is 27.9 Å². The van der Waals surface area contributed by atoms with Gasteiger partial charge in [-0.1, -0.05) is 29.3 Å². The van der Waals surface area contributed by atoms with Gasteiger partial charge < -0.3 is 4.74 Å². The van der Waals surface area contributed by atoms with E-state index in [1.54, 1.807) is 18.2 Å². The summed E-state index contributed by atoms with van der Waals surface area (Å²) in [5.41, 5.74) is 0.513. The maximum atomic E-state index is 13.6. The lowest BCUT2D eigenvalue weighted by Gasteiger charge is -2.09. The fourth-order valence-electron chi connectivity index (χ4n) is 1.57. The van der Waals surface area contributed by atoms with Crippen molar-refractivity contribution in [3.63, 3.8) is 0 Å². The van der Waals surface area contributed by atoms with Crippen LogP contribution in [0.15, 0.2) is 30.3 Å². The molecule has 0 atom stereocenters. The minimum Gasteiger partial charge on any atom is -0.483 e. The SMILES string of the molecule is O=Cc1cc(F)c(OCc2ccc(Cl)c(Cl)c2)c(F)c1. The third kappa shape index (κ3) is 3.26. The van der Waals surface area contributed by atoms with Crippen molar-refractivity contribution in [2.75, 3.05) is 0 Å². The van der Waals surface area contributed by atoms with Gasteiger partial charge in [0.1, 0.15) is 12.9 Å². The van der Waals surface area contributed by atoms with Crippen molar-refractivity contribution in [2.45, 2.75) is 6.61 Å². The fraction of sp³-hybridized carbons (Fsp3) is 0.0714. The van der Waals surface area contributed by atoms with Crippen LogP contribution in [-0.2, 0) is 6.61 Å². The molecule has 0 fully saturated rings. The fourth-order valence-corrected chi connectivity index (χ4v) is 1.89. The van der Waals surface area contributed by atoms with Gasteiger partial charge >= 0.3 is 0 Å². The van der Waals surface area contributed by atoms with Crippen molar-refractivity contribution in [3.8, 4) is 5.75 Å². The Bertz CT molecular complexity index is 637. The third-order valence-electron chi connectivity index (χ3n) is 2.52. The summed E-state index contributed by atoms with van der Waals surface area (Å²) in [4.78, 5) is 10.5. The van der Waals surface area contributed by atoms with Gasteiger partial charge in [0.05, 0.1) is 10.0 Å². The van der Waals surface area contributed by atoms with E-state index in [2.05, 4.69) is 0 Å². The topological polar surface area (TPSA) is 26.3 Å². The number of rotatable bonds is 4. The van der Waals surface area contributed by atoms with Crippen LogP contribution < -0.4 is 4.74 Å². The monoisotopic (exact) mass is 316 g/mol. The van der Waals surface area contributed by atoms with Crippen LogP contribution in [0.25, 0.3) is 0 Å². The molecular weight excluding hydrogens is 309 g/mol. The van der Waals surface area contributed by atoms with Gasteiger partial charge in [0.2, 0.25) is 0 Å². The number of benzene rings is 2. The van der Waals surface area contributed by atoms with Crippen LogP contribution >= 0.6 is 23.2 Å². The summed E-state index contributed by atoms with van der Waals surface area (Å²) in [6.07, 6.45) is 0.356. The Kier molecular flexibility index (Phi) is 4.57. The van der Waals surface area contributed by atoms with Gasteiger partial charge in [-0.2, -0.15) is 0 Å². The lowest BCUT2D eigenvalue weighted by atomic mass is 10.2. The molecule has 2 aromatic rings. The number of halogens is 4. The summed E-state index contributed by atoms with van der Waals surface area (Å²) in [6, 6.07) is 6.54. The first-order valence-electron chi connectivity index (χ1n) is 5.52. The highest BCUT2D eigenvalue weighted by atomic mass is 35.5. The van der Waals surface area contributed by atoms with E-state index >= 15 is 0 Å². The zero-order valence-electron chi connectivity index (χ0n) is 10.00. The summed E-state index contributed by atoms with van der Waals surface area (Å²) >= 11 is 11.6. The molecule has 0 N–H and O–H groups in total. The standard InChI is InChI=1S/C14H8Cl2F2O2/c15-10-2-1-8(3-11(10)16)7-20-14-12(17)4-9(6-19)5-13(14)18/h1-6H,7H2. The molecule has 2 rings (SSSR count). The van der Waals surface area contributed by atoms with Gasteiger partial charge in [-0.15, -0.1) is 0 Å². The molecule has 6 heteroatoms. The average molecular weight is 317 g/mol. The molecule has 0 aliphatic carbocycles. The predicted octanol–water partition coefficient (Wildman–Crippen LogP) is 4.66. The molecule has 0 amide bonds. The van der Waals surface area contributed by atoms with Crippen molar-refractivity contribution in [1.29, 1.82) is 0 Å². The molecule has 0 unspecified atom stereocenters. The predicted molar refractivity (Wildman–Crippen MR) is 72.5 cm³/mol. The Labute approximate surface area is 123 Å². The van der Waals surface area contributed by atoms with Crippen molar-refractivity contribution in [1.82, 2.24) is 0 Å². The summed E-state index contributed by atoms with van der Waals surface area (Å²) < 4.78 is 32.2. The zero-order chi connectivity index (χ0) is 14.7. The molecule has 0 saturated heterocycles. The van der Waals surface area contributed by atoms with E-state index in [-0.39, 0.29) is 12.2 Å². The van der Waals surface area contributed by atoms with Crippen molar-refractivity contribution in [3.05, 3.63) is 63.1 Å².